The average Bonchev–Trinajstić information content (AvgIpc) is 3.31. The monoisotopic (exact) mass is 478 g/mol. The van der Waals surface area contributed by atoms with Crippen molar-refractivity contribution in [3.05, 3.63) is 65.2 Å². The van der Waals surface area contributed by atoms with E-state index >= 15 is 0 Å². The Bertz CT molecular complexity index is 1060. The lowest BCUT2D eigenvalue weighted by atomic mass is 9.97. The number of amides is 2. The number of carbonyl (C=O) groups excluding carboxylic acids is 2. The Hall–Kier alpha value is -3.39. The summed E-state index contributed by atoms with van der Waals surface area (Å²) in [5.74, 6) is 0.766. The quantitative estimate of drug-likeness (QED) is 0.604. The minimum atomic E-state index is -0.291. The molecule has 2 aliphatic heterocycles. The van der Waals surface area contributed by atoms with Crippen LogP contribution in [0.25, 0.3) is 0 Å². The number of hydrazone groups is 1. The molecule has 2 aromatic rings. The van der Waals surface area contributed by atoms with E-state index in [-0.39, 0.29) is 24.6 Å². The van der Waals surface area contributed by atoms with Crippen LogP contribution in [0.3, 0.4) is 0 Å². The SMILES string of the molecule is CCOC(=O)N1CCN(CC(=O)N2N=C(c3cccc(C)c3)CC2c2ccc(OCC)cc2)CC1. The minimum Gasteiger partial charge on any atom is -0.494 e. The van der Waals surface area contributed by atoms with E-state index in [0.717, 1.165) is 28.2 Å². The topological polar surface area (TPSA) is 74.7 Å². The van der Waals surface area contributed by atoms with Crippen molar-refractivity contribution in [3.63, 3.8) is 0 Å². The van der Waals surface area contributed by atoms with Crippen LogP contribution >= 0.6 is 0 Å². The second-order valence-corrected chi connectivity index (χ2v) is 8.84. The van der Waals surface area contributed by atoms with Gasteiger partial charge in [0.25, 0.3) is 5.91 Å². The van der Waals surface area contributed by atoms with Crippen LogP contribution in [0.4, 0.5) is 4.79 Å². The maximum absolute atomic E-state index is 13.5. The highest BCUT2D eigenvalue weighted by Crippen LogP contribution is 2.34. The number of ether oxygens (including phenoxy) is 2. The first kappa shape index (κ1) is 24.7. The van der Waals surface area contributed by atoms with E-state index in [9.17, 15) is 9.59 Å². The van der Waals surface area contributed by atoms with E-state index in [4.69, 9.17) is 14.6 Å². The molecule has 1 saturated heterocycles. The predicted molar refractivity (Wildman–Crippen MR) is 135 cm³/mol. The van der Waals surface area contributed by atoms with Gasteiger partial charge in [-0.3, -0.25) is 9.69 Å². The number of nitrogens with zero attached hydrogens (tertiary/aromatic N) is 4. The largest absolute Gasteiger partial charge is 0.494 e. The Balaban J connectivity index is 1.49. The van der Waals surface area contributed by atoms with Crippen LogP contribution in [0.1, 0.15) is 43.0 Å². The van der Waals surface area contributed by atoms with Crippen LogP contribution in [0.5, 0.6) is 5.75 Å². The van der Waals surface area contributed by atoms with Crippen LogP contribution in [-0.4, -0.2) is 78.5 Å². The first-order valence-corrected chi connectivity index (χ1v) is 12.3. The molecule has 2 amide bonds. The predicted octanol–water partition coefficient (Wildman–Crippen LogP) is 3.85. The summed E-state index contributed by atoms with van der Waals surface area (Å²) in [4.78, 5) is 29.2. The maximum Gasteiger partial charge on any atom is 0.409 e. The number of aryl methyl sites for hydroxylation is 1. The molecule has 1 atom stereocenters. The summed E-state index contributed by atoms with van der Waals surface area (Å²) in [5, 5.41) is 6.45. The van der Waals surface area contributed by atoms with Gasteiger partial charge >= 0.3 is 6.09 Å². The number of piperazine rings is 1. The molecule has 4 rings (SSSR count). The number of benzene rings is 2. The molecule has 0 bridgehead atoms. The fourth-order valence-electron chi connectivity index (χ4n) is 4.52. The molecule has 35 heavy (non-hydrogen) atoms. The number of hydrogen-bond acceptors (Lipinski definition) is 6. The van der Waals surface area contributed by atoms with Crippen LogP contribution in [-0.2, 0) is 9.53 Å². The molecule has 0 N–H and O–H groups in total. The third kappa shape index (κ3) is 6.00. The number of hydrogen-bond donors (Lipinski definition) is 0. The van der Waals surface area contributed by atoms with Crippen LogP contribution in [0.2, 0.25) is 0 Å². The zero-order chi connectivity index (χ0) is 24.8. The van der Waals surface area contributed by atoms with Crippen molar-refractivity contribution in [2.45, 2.75) is 33.2 Å². The van der Waals surface area contributed by atoms with Gasteiger partial charge in [0, 0.05) is 32.6 Å². The Morgan fingerprint density at radius 1 is 1.00 bits per heavy atom. The zero-order valence-electron chi connectivity index (χ0n) is 20.8. The highest BCUT2D eigenvalue weighted by Gasteiger charge is 2.34. The minimum absolute atomic E-state index is 0.0453. The molecular formula is C27H34N4O4. The molecule has 0 radical (unpaired) electrons. The number of rotatable bonds is 7. The Morgan fingerprint density at radius 2 is 1.74 bits per heavy atom. The lowest BCUT2D eigenvalue weighted by molar-refractivity contribution is -0.134. The van der Waals surface area contributed by atoms with E-state index in [1.54, 1.807) is 16.8 Å². The van der Waals surface area contributed by atoms with Gasteiger partial charge in [0.2, 0.25) is 0 Å². The van der Waals surface area contributed by atoms with Gasteiger partial charge in [-0.2, -0.15) is 5.10 Å². The molecule has 2 heterocycles. The lowest BCUT2D eigenvalue weighted by Gasteiger charge is -2.34. The van der Waals surface area contributed by atoms with Crippen LogP contribution in [0, 0.1) is 6.92 Å². The second kappa shape index (κ2) is 11.4. The average molecular weight is 479 g/mol. The number of carbonyl (C=O) groups is 2. The van der Waals surface area contributed by atoms with Crippen molar-refractivity contribution in [2.75, 3.05) is 45.9 Å². The molecule has 8 heteroatoms. The first-order chi connectivity index (χ1) is 17.0. The Morgan fingerprint density at radius 3 is 2.40 bits per heavy atom. The molecule has 8 nitrogen and oxygen atoms in total. The summed E-state index contributed by atoms with van der Waals surface area (Å²) >= 11 is 0. The second-order valence-electron chi connectivity index (χ2n) is 8.84. The van der Waals surface area contributed by atoms with E-state index < -0.39 is 0 Å². The highest BCUT2D eigenvalue weighted by atomic mass is 16.6. The molecule has 186 valence electrons. The van der Waals surface area contributed by atoms with Gasteiger partial charge in [0.15, 0.2) is 0 Å². The smallest absolute Gasteiger partial charge is 0.409 e. The molecule has 0 saturated carbocycles. The van der Waals surface area contributed by atoms with E-state index in [0.29, 0.717) is 45.8 Å². The van der Waals surface area contributed by atoms with Gasteiger partial charge in [0.1, 0.15) is 5.75 Å². The summed E-state index contributed by atoms with van der Waals surface area (Å²) < 4.78 is 10.7. The molecular weight excluding hydrogens is 444 g/mol. The van der Waals surface area contributed by atoms with E-state index in [1.807, 2.05) is 43.3 Å². The summed E-state index contributed by atoms with van der Waals surface area (Å²) in [6.45, 7) is 9.39. The van der Waals surface area contributed by atoms with Gasteiger partial charge in [-0.15, -0.1) is 0 Å². The molecule has 0 aromatic heterocycles. The van der Waals surface area contributed by atoms with E-state index in [2.05, 4.69) is 24.0 Å². The lowest BCUT2D eigenvalue weighted by Crippen LogP contribution is -2.51. The van der Waals surface area contributed by atoms with Gasteiger partial charge in [-0.25, -0.2) is 9.80 Å². The summed E-state index contributed by atoms with van der Waals surface area (Å²) in [5.41, 5.74) is 4.14. The molecule has 0 aliphatic carbocycles. The fraction of sp³-hybridized carbons (Fsp3) is 0.444. The third-order valence-electron chi connectivity index (χ3n) is 6.35. The van der Waals surface area contributed by atoms with Crippen molar-refractivity contribution in [2.24, 2.45) is 5.10 Å². The van der Waals surface area contributed by atoms with Gasteiger partial charge in [-0.05, 0) is 44.0 Å². The first-order valence-electron chi connectivity index (χ1n) is 12.3. The molecule has 0 spiro atoms. The van der Waals surface area contributed by atoms with Gasteiger partial charge in [0.05, 0.1) is 31.5 Å². The third-order valence-corrected chi connectivity index (χ3v) is 6.35. The molecule has 1 fully saturated rings. The fourth-order valence-corrected chi connectivity index (χ4v) is 4.52. The van der Waals surface area contributed by atoms with Crippen molar-refractivity contribution in [3.8, 4) is 5.75 Å². The standard InChI is InChI=1S/C27H34N4O4/c1-4-34-23-11-9-21(10-12-23)25-18-24(22-8-6-7-20(3)17-22)28-31(25)26(32)19-29-13-15-30(16-14-29)27(33)35-5-2/h6-12,17,25H,4-5,13-16,18-19H2,1-3H3. The zero-order valence-corrected chi connectivity index (χ0v) is 20.8. The Labute approximate surface area is 207 Å². The van der Waals surface area contributed by atoms with E-state index in [1.165, 1.54) is 0 Å². The molecule has 2 aliphatic rings. The van der Waals surface area contributed by atoms with Crippen molar-refractivity contribution >= 4 is 17.7 Å². The van der Waals surface area contributed by atoms with Crippen LogP contribution in [0.15, 0.2) is 53.6 Å². The van der Waals surface area contributed by atoms with Crippen molar-refractivity contribution < 1.29 is 19.1 Å². The summed E-state index contributed by atoms with van der Waals surface area (Å²) in [6, 6.07) is 16.0. The normalized spacial score (nSPS) is 18.4. The molecule has 1 unspecified atom stereocenters. The summed E-state index contributed by atoms with van der Waals surface area (Å²) in [6.07, 6.45) is 0.362. The van der Waals surface area contributed by atoms with Gasteiger partial charge < -0.3 is 14.4 Å². The molecule has 2 aromatic carbocycles. The van der Waals surface area contributed by atoms with Crippen molar-refractivity contribution in [1.82, 2.24) is 14.8 Å². The van der Waals surface area contributed by atoms with Crippen LogP contribution < -0.4 is 4.74 Å². The maximum atomic E-state index is 13.5. The van der Waals surface area contributed by atoms with Crippen molar-refractivity contribution in [1.29, 1.82) is 0 Å². The highest BCUT2D eigenvalue weighted by molar-refractivity contribution is 6.03. The van der Waals surface area contributed by atoms with Gasteiger partial charge in [-0.1, -0.05) is 42.0 Å². The summed E-state index contributed by atoms with van der Waals surface area (Å²) in [7, 11) is 0. The Kier molecular flexibility index (Phi) is 8.02.